The Kier molecular flexibility index (Phi) is 4.81. The van der Waals surface area contributed by atoms with E-state index < -0.39 is 0 Å². The number of hydrogen-bond acceptors (Lipinski definition) is 1. The zero-order valence-corrected chi connectivity index (χ0v) is 12.8. The average molecular weight is 356 g/mol. The van der Waals surface area contributed by atoms with E-state index in [2.05, 4.69) is 15.9 Å². The molecule has 0 N–H and O–H groups in total. The molecule has 0 aliphatic carbocycles. The lowest BCUT2D eigenvalue weighted by Gasteiger charge is -2.00. The zero-order valence-electron chi connectivity index (χ0n) is 9.74. The Balaban J connectivity index is 2.21. The number of hydrogen-bond donors (Lipinski definition) is 0. The minimum absolute atomic E-state index is 0.171. The van der Waals surface area contributed by atoms with Crippen molar-refractivity contribution in [3.05, 3.63) is 74.2 Å². The predicted octanol–water partition coefficient (Wildman–Crippen LogP) is 5.65. The van der Waals surface area contributed by atoms with Gasteiger partial charge in [0.2, 0.25) is 0 Å². The summed E-state index contributed by atoms with van der Waals surface area (Å²) in [5, 5.41) is 0.889. The van der Waals surface area contributed by atoms with Crippen LogP contribution >= 0.6 is 39.1 Å². The molecule has 4 heteroatoms. The van der Waals surface area contributed by atoms with Gasteiger partial charge in [0.1, 0.15) is 0 Å². The molecular weight excluding hydrogens is 347 g/mol. The first-order chi connectivity index (χ1) is 9.06. The Bertz CT molecular complexity index is 633. The molecule has 0 amide bonds. The van der Waals surface area contributed by atoms with Crippen LogP contribution in [0.3, 0.4) is 0 Å². The van der Waals surface area contributed by atoms with Crippen LogP contribution in [0.4, 0.5) is 0 Å². The van der Waals surface area contributed by atoms with Crippen molar-refractivity contribution in [3.63, 3.8) is 0 Å². The lowest BCUT2D eigenvalue weighted by atomic mass is 10.1. The summed E-state index contributed by atoms with van der Waals surface area (Å²) in [6.07, 6.45) is 3.23. The quantitative estimate of drug-likeness (QED) is 0.513. The van der Waals surface area contributed by atoms with E-state index in [1.54, 1.807) is 24.3 Å². The Morgan fingerprint density at radius 2 is 1.74 bits per heavy atom. The van der Waals surface area contributed by atoms with Crippen LogP contribution < -0.4 is 0 Å². The summed E-state index contributed by atoms with van der Waals surface area (Å²) in [5.41, 5.74) is 1.34. The predicted molar refractivity (Wildman–Crippen MR) is 84.0 cm³/mol. The molecule has 0 unspecified atom stereocenters. The summed E-state index contributed by atoms with van der Waals surface area (Å²) in [6, 6.07) is 12.5. The van der Waals surface area contributed by atoms with Gasteiger partial charge in [-0.3, -0.25) is 4.79 Å². The van der Waals surface area contributed by atoms with Crippen molar-refractivity contribution in [1.29, 1.82) is 0 Å². The molecule has 2 aromatic rings. The molecular formula is C15H9BrCl2O. The lowest BCUT2D eigenvalue weighted by Crippen LogP contribution is -1.95. The van der Waals surface area contributed by atoms with Gasteiger partial charge in [-0.15, -0.1) is 0 Å². The summed E-state index contributed by atoms with van der Waals surface area (Å²) in [5.74, 6) is -0.171. The normalized spacial score (nSPS) is 10.9. The molecule has 0 aliphatic rings. The van der Waals surface area contributed by atoms with E-state index in [1.807, 2.05) is 24.3 Å². The second kappa shape index (κ2) is 6.38. The van der Waals surface area contributed by atoms with E-state index >= 15 is 0 Å². The van der Waals surface area contributed by atoms with Crippen LogP contribution in [0.5, 0.6) is 0 Å². The Morgan fingerprint density at radius 1 is 1.05 bits per heavy atom. The maximum atomic E-state index is 12.0. The molecule has 0 fully saturated rings. The van der Waals surface area contributed by atoms with Crippen LogP contribution in [0.1, 0.15) is 15.9 Å². The van der Waals surface area contributed by atoms with Gasteiger partial charge in [-0.1, -0.05) is 57.3 Å². The van der Waals surface area contributed by atoms with Crippen molar-refractivity contribution >= 4 is 51.0 Å². The van der Waals surface area contributed by atoms with Crippen LogP contribution in [0.15, 0.2) is 53.0 Å². The number of ketones is 1. The molecule has 2 aromatic carbocycles. The molecule has 96 valence electrons. The molecule has 1 nitrogen and oxygen atoms in total. The summed E-state index contributed by atoms with van der Waals surface area (Å²) in [7, 11) is 0. The van der Waals surface area contributed by atoms with Gasteiger partial charge in [0.15, 0.2) is 5.78 Å². The van der Waals surface area contributed by atoms with Gasteiger partial charge >= 0.3 is 0 Å². The highest BCUT2D eigenvalue weighted by molar-refractivity contribution is 9.10. The number of halogens is 3. The van der Waals surface area contributed by atoms with Gasteiger partial charge in [-0.05, 0) is 42.0 Å². The van der Waals surface area contributed by atoms with E-state index in [1.165, 1.54) is 6.08 Å². The van der Waals surface area contributed by atoms with Crippen LogP contribution in [-0.2, 0) is 0 Å². The molecule has 0 saturated carbocycles. The summed E-state index contributed by atoms with van der Waals surface area (Å²) in [4.78, 5) is 12.0. The molecule has 0 saturated heterocycles. The van der Waals surface area contributed by atoms with Crippen molar-refractivity contribution in [2.24, 2.45) is 0 Å². The molecule has 0 atom stereocenters. The third kappa shape index (κ3) is 3.93. The van der Waals surface area contributed by atoms with Gasteiger partial charge in [0.25, 0.3) is 0 Å². The summed E-state index contributed by atoms with van der Waals surface area (Å²) >= 11 is 15.2. The largest absolute Gasteiger partial charge is 0.289 e. The molecule has 0 bridgehead atoms. The monoisotopic (exact) mass is 354 g/mol. The fourth-order valence-electron chi connectivity index (χ4n) is 1.52. The van der Waals surface area contributed by atoms with Gasteiger partial charge in [-0.25, -0.2) is 0 Å². The van der Waals surface area contributed by atoms with E-state index in [4.69, 9.17) is 23.2 Å². The van der Waals surface area contributed by atoms with Crippen LogP contribution in [0.25, 0.3) is 6.08 Å². The molecule has 2 rings (SSSR count). The number of benzene rings is 2. The van der Waals surface area contributed by atoms with Gasteiger partial charge < -0.3 is 0 Å². The number of carbonyl (C=O) groups is 1. The maximum absolute atomic E-state index is 12.0. The SMILES string of the molecule is O=C(/C=C/c1ccc(Br)cc1)c1cc(Cl)ccc1Cl. The second-order valence-electron chi connectivity index (χ2n) is 3.87. The Hall–Kier alpha value is -1.09. The first kappa shape index (κ1) is 14.3. The zero-order chi connectivity index (χ0) is 13.8. The van der Waals surface area contributed by atoms with Crippen molar-refractivity contribution in [2.45, 2.75) is 0 Å². The number of carbonyl (C=O) groups excluding carboxylic acids is 1. The van der Waals surface area contributed by atoms with Crippen molar-refractivity contribution in [1.82, 2.24) is 0 Å². The van der Waals surface area contributed by atoms with Gasteiger partial charge in [0, 0.05) is 15.1 Å². The lowest BCUT2D eigenvalue weighted by molar-refractivity contribution is 0.104. The van der Waals surface area contributed by atoms with E-state index in [-0.39, 0.29) is 5.78 Å². The topological polar surface area (TPSA) is 17.1 Å². The minimum Gasteiger partial charge on any atom is -0.289 e. The average Bonchev–Trinajstić information content (AvgIpc) is 2.40. The number of allylic oxidation sites excluding steroid dienone is 1. The Labute approximate surface area is 130 Å². The second-order valence-corrected chi connectivity index (χ2v) is 5.63. The van der Waals surface area contributed by atoms with E-state index in [9.17, 15) is 4.79 Å². The molecule has 0 aromatic heterocycles. The van der Waals surface area contributed by atoms with E-state index in [0.29, 0.717) is 15.6 Å². The number of rotatable bonds is 3. The summed E-state index contributed by atoms with van der Waals surface area (Å²) in [6.45, 7) is 0. The highest BCUT2D eigenvalue weighted by Crippen LogP contribution is 2.21. The highest BCUT2D eigenvalue weighted by Gasteiger charge is 2.07. The van der Waals surface area contributed by atoms with Crippen molar-refractivity contribution in [2.75, 3.05) is 0 Å². The molecule has 0 aliphatic heterocycles. The molecule has 0 heterocycles. The fourth-order valence-corrected chi connectivity index (χ4v) is 2.17. The van der Waals surface area contributed by atoms with Crippen molar-refractivity contribution < 1.29 is 4.79 Å². The molecule has 0 radical (unpaired) electrons. The third-order valence-corrected chi connectivity index (χ3v) is 3.58. The highest BCUT2D eigenvalue weighted by atomic mass is 79.9. The Morgan fingerprint density at radius 3 is 2.42 bits per heavy atom. The van der Waals surface area contributed by atoms with Crippen LogP contribution in [0, 0.1) is 0 Å². The third-order valence-electron chi connectivity index (χ3n) is 2.49. The molecule has 0 spiro atoms. The first-order valence-electron chi connectivity index (χ1n) is 5.49. The van der Waals surface area contributed by atoms with E-state index in [0.717, 1.165) is 10.0 Å². The minimum atomic E-state index is -0.171. The van der Waals surface area contributed by atoms with Crippen LogP contribution in [0.2, 0.25) is 10.0 Å². The standard InChI is InChI=1S/C15H9BrCl2O/c16-11-4-1-10(2-5-11)3-8-15(19)13-9-12(17)6-7-14(13)18/h1-9H/b8-3+. The first-order valence-corrected chi connectivity index (χ1v) is 7.04. The van der Waals surface area contributed by atoms with Crippen LogP contribution in [-0.4, -0.2) is 5.78 Å². The molecule has 19 heavy (non-hydrogen) atoms. The smallest absolute Gasteiger partial charge is 0.187 e. The van der Waals surface area contributed by atoms with Gasteiger partial charge in [0.05, 0.1) is 5.02 Å². The maximum Gasteiger partial charge on any atom is 0.187 e. The summed E-state index contributed by atoms with van der Waals surface area (Å²) < 4.78 is 0.994. The fraction of sp³-hybridized carbons (Fsp3) is 0. The van der Waals surface area contributed by atoms with Gasteiger partial charge in [-0.2, -0.15) is 0 Å². The van der Waals surface area contributed by atoms with Crippen molar-refractivity contribution in [3.8, 4) is 0 Å².